The second kappa shape index (κ2) is 8.07. The number of rotatable bonds is 4. The smallest absolute Gasteiger partial charge is 0.315 e. The van der Waals surface area contributed by atoms with Gasteiger partial charge in [-0.2, -0.15) is 0 Å². The molecule has 0 bridgehead atoms. The van der Waals surface area contributed by atoms with Crippen LogP contribution in [0.1, 0.15) is 24.0 Å². The Hall–Kier alpha value is -2.15. The van der Waals surface area contributed by atoms with E-state index in [1.54, 1.807) is 41.6 Å². The maximum atomic E-state index is 13.3. The number of aromatic nitrogens is 1. The van der Waals surface area contributed by atoms with Gasteiger partial charge in [-0.15, -0.1) is 0 Å². The van der Waals surface area contributed by atoms with E-state index in [9.17, 15) is 9.59 Å². The van der Waals surface area contributed by atoms with Crippen LogP contribution in [0.5, 0.6) is 0 Å². The second-order valence-electron chi connectivity index (χ2n) is 7.07. The third-order valence-corrected chi connectivity index (χ3v) is 5.87. The number of urea groups is 1. The number of pyridine rings is 1. The highest BCUT2D eigenvalue weighted by Gasteiger charge is 2.47. The molecular weight excluding hydrogens is 399 g/mol. The van der Waals surface area contributed by atoms with Gasteiger partial charge in [-0.3, -0.25) is 14.7 Å². The Morgan fingerprint density at radius 1 is 1.11 bits per heavy atom. The van der Waals surface area contributed by atoms with Gasteiger partial charge < -0.3 is 10.2 Å². The molecule has 6 nitrogen and oxygen atoms in total. The molecule has 2 saturated heterocycles. The van der Waals surface area contributed by atoms with Gasteiger partial charge in [0.25, 0.3) is 0 Å². The monoisotopic (exact) mass is 418 g/mol. The van der Waals surface area contributed by atoms with Gasteiger partial charge in [0.1, 0.15) is 6.04 Å². The van der Waals surface area contributed by atoms with Crippen molar-refractivity contribution < 1.29 is 9.59 Å². The molecule has 2 aliphatic heterocycles. The van der Waals surface area contributed by atoms with E-state index in [-0.39, 0.29) is 24.5 Å². The number of amides is 3. The Morgan fingerprint density at radius 3 is 2.64 bits per heavy atom. The van der Waals surface area contributed by atoms with Crippen LogP contribution in [-0.2, 0) is 17.9 Å². The van der Waals surface area contributed by atoms with Crippen molar-refractivity contribution in [3.8, 4) is 0 Å². The zero-order valence-corrected chi connectivity index (χ0v) is 16.7. The van der Waals surface area contributed by atoms with Crippen LogP contribution in [0.25, 0.3) is 0 Å². The quantitative estimate of drug-likeness (QED) is 0.825. The van der Waals surface area contributed by atoms with Crippen molar-refractivity contribution in [2.45, 2.75) is 38.0 Å². The van der Waals surface area contributed by atoms with Crippen LogP contribution in [0.15, 0.2) is 42.7 Å². The fourth-order valence-corrected chi connectivity index (χ4v) is 4.32. The number of fused-ring (bicyclic) bond motifs is 1. The van der Waals surface area contributed by atoms with Gasteiger partial charge in [-0.25, -0.2) is 4.79 Å². The molecule has 1 aromatic carbocycles. The lowest BCUT2D eigenvalue weighted by atomic mass is 9.93. The SMILES string of the molecule is O=C1C2NCCCC2N(Cc2ccc(Cl)cc2Cl)C(=O)N1Cc1ccncc1. The molecule has 4 rings (SSSR count). The molecule has 2 unspecified atom stereocenters. The number of piperidine rings is 1. The number of nitrogens with one attached hydrogen (secondary N) is 1. The molecule has 0 aliphatic carbocycles. The fraction of sp³-hybridized carbons (Fsp3) is 0.350. The summed E-state index contributed by atoms with van der Waals surface area (Å²) < 4.78 is 0. The largest absolute Gasteiger partial charge is 0.327 e. The Morgan fingerprint density at radius 2 is 1.89 bits per heavy atom. The zero-order valence-electron chi connectivity index (χ0n) is 15.1. The lowest BCUT2D eigenvalue weighted by molar-refractivity contribution is -0.137. The summed E-state index contributed by atoms with van der Waals surface area (Å²) in [6.45, 7) is 1.31. The third-order valence-electron chi connectivity index (χ3n) is 5.28. The number of halogens is 2. The number of carbonyl (C=O) groups is 2. The maximum Gasteiger partial charge on any atom is 0.327 e. The first-order valence-corrected chi connectivity index (χ1v) is 9.98. The number of nitrogens with zero attached hydrogens (tertiary/aromatic N) is 3. The Labute approximate surface area is 173 Å². The second-order valence-corrected chi connectivity index (χ2v) is 7.91. The van der Waals surface area contributed by atoms with Crippen molar-refractivity contribution in [2.75, 3.05) is 6.54 Å². The Balaban J connectivity index is 1.64. The van der Waals surface area contributed by atoms with Crippen molar-refractivity contribution in [3.05, 3.63) is 63.9 Å². The maximum absolute atomic E-state index is 13.3. The van der Waals surface area contributed by atoms with E-state index < -0.39 is 6.04 Å². The summed E-state index contributed by atoms with van der Waals surface area (Å²) in [6, 6.07) is 7.98. The van der Waals surface area contributed by atoms with Crippen molar-refractivity contribution in [1.82, 2.24) is 20.1 Å². The molecule has 3 amide bonds. The van der Waals surface area contributed by atoms with Crippen LogP contribution >= 0.6 is 23.2 Å². The molecule has 2 aromatic rings. The third kappa shape index (κ3) is 3.72. The lowest BCUT2D eigenvalue weighted by Gasteiger charge is -2.47. The van der Waals surface area contributed by atoms with Crippen LogP contribution < -0.4 is 5.32 Å². The van der Waals surface area contributed by atoms with Crippen LogP contribution in [-0.4, -0.2) is 45.4 Å². The molecule has 0 radical (unpaired) electrons. The van der Waals surface area contributed by atoms with E-state index >= 15 is 0 Å². The number of carbonyl (C=O) groups excluding carboxylic acids is 2. The highest BCUT2D eigenvalue weighted by molar-refractivity contribution is 6.35. The summed E-state index contributed by atoms with van der Waals surface area (Å²) in [7, 11) is 0. The molecule has 1 aromatic heterocycles. The van der Waals surface area contributed by atoms with Crippen LogP contribution in [0.4, 0.5) is 4.79 Å². The minimum atomic E-state index is -0.403. The zero-order chi connectivity index (χ0) is 19.7. The average Bonchev–Trinajstić information content (AvgIpc) is 2.71. The summed E-state index contributed by atoms with van der Waals surface area (Å²) in [5.41, 5.74) is 1.66. The van der Waals surface area contributed by atoms with Gasteiger partial charge in [0.05, 0.1) is 12.6 Å². The predicted octanol–water partition coefficient (Wildman–Crippen LogP) is 3.47. The number of hydrogen-bond donors (Lipinski definition) is 1. The molecule has 2 aliphatic rings. The van der Waals surface area contributed by atoms with E-state index in [4.69, 9.17) is 23.2 Å². The standard InChI is InChI=1S/C20H20Cl2N4O2/c21-15-4-3-14(16(22)10-15)12-25-17-2-1-7-24-18(17)19(27)26(20(25)28)11-13-5-8-23-9-6-13/h3-6,8-10,17-18,24H,1-2,7,11-12H2. The van der Waals surface area contributed by atoms with E-state index in [0.717, 1.165) is 30.5 Å². The Bertz CT molecular complexity index is 893. The van der Waals surface area contributed by atoms with Gasteiger partial charge in [0, 0.05) is 29.0 Å². The van der Waals surface area contributed by atoms with Crippen LogP contribution in [0.3, 0.4) is 0 Å². The van der Waals surface area contributed by atoms with Crippen molar-refractivity contribution in [2.24, 2.45) is 0 Å². The van der Waals surface area contributed by atoms with Gasteiger partial charge >= 0.3 is 6.03 Å². The van der Waals surface area contributed by atoms with E-state index in [1.165, 1.54) is 4.90 Å². The summed E-state index contributed by atoms with van der Waals surface area (Å²) in [5, 5.41) is 4.35. The van der Waals surface area contributed by atoms with Gasteiger partial charge in [0.15, 0.2) is 0 Å². The topological polar surface area (TPSA) is 65.5 Å². The molecule has 1 N–H and O–H groups in total. The van der Waals surface area contributed by atoms with E-state index in [1.807, 2.05) is 6.07 Å². The first-order valence-electron chi connectivity index (χ1n) is 9.23. The summed E-state index contributed by atoms with van der Waals surface area (Å²) >= 11 is 12.3. The minimum absolute atomic E-state index is 0.176. The van der Waals surface area contributed by atoms with Crippen LogP contribution in [0, 0.1) is 0 Å². The molecular formula is C20H20Cl2N4O2. The lowest BCUT2D eigenvalue weighted by Crippen LogP contribution is -2.68. The summed E-state index contributed by atoms with van der Waals surface area (Å²) in [5.74, 6) is -0.176. The molecule has 8 heteroatoms. The summed E-state index contributed by atoms with van der Waals surface area (Å²) in [6.07, 6.45) is 5.00. The highest BCUT2D eigenvalue weighted by Crippen LogP contribution is 2.30. The van der Waals surface area contributed by atoms with E-state index in [2.05, 4.69) is 10.3 Å². The normalized spacial score (nSPS) is 22.4. The molecule has 28 heavy (non-hydrogen) atoms. The molecule has 0 saturated carbocycles. The van der Waals surface area contributed by atoms with Gasteiger partial charge in [-0.1, -0.05) is 29.3 Å². The molecule has 146 valence electrons. The fourth-order valence-electron chi connectivity index (χ4n) is 3.85. The van der Waals surface area contributed by atoms with Gasteiger partial charge in [0.2, 0.25) is 5.91 Å². The van der Waals surface area contributed by atoms with Gasteiger partial charge in [-0.05, 0) is 54.8 Å². The molecule has 2 fully saturated rings. The molecule has 0 spiro atoms. The first kappa shape index (κ1) is 19.2. The predicted molar refractivity (Wildman–Crippen MR) is 107 cm³/mol. The molecule has 2 atom stereocenters. The Kier molecular flexibility index (Phi) is 5.53. The number of benzene rings is 1. The number of hydrogen-bond acceptors (Lipinski definition) is 4. The van der Waals surface area contributed by atoms with Crippen molar-refractivity contribution >= 4 is 35.1 Å². The van der Waals surface area contributed by atoms with Crippen molar-refractivity contribution in [3.63, 3.8) is 0 Å². The van der Waals surface area contributed by atoms with Crippen LogP contribution in [0.2, 0.25) is 10.0 Å². The average molecular weight is 419 g/mol. The van der Waals surface area contributed by atoms with E-state index in [0.29, 0.717) is 16.6 Å². The molecule has 3 heterocycles. The first-order chi connectivity index (χ1) is 13.5. The summed E-state index contributed by atoms with van der Waals surface area (Å²) in [4.78, 5) is 33.4. The van der Waals surface area contributed by atoms with Crippen molar-refractivity contribution in [1.29, 1.82) is 0 Å². The minimum Gasteiger partial charge on any atom is -0.315 e. The highest BCUT2D eigenvalue weighted by atomic mass is 35.5. The number of imide groups is 1.